The largest absolute Gasteiger partial charge is 0.469 e. The number of benzene rings is 1. The van der Waals surface area contributed by atoms with Gasteiger partial charge in [-0.3, -0.25) is 4.79 Å². The van der Waals surface area contributed by atoms with Gasteiger partial charge in [0.25, 0.3) is 0 Å². The van der Waals surface area contributed by atoms with Crippen LogP contribution in [0.1, 0.15) is 39.2 Å². The Balaban J connectivity index is 2.16. The van der Waals surface area contributed by atoms with Crippen LogP contribution in [0.3, 0.4) is 0 Å². The van der Waals surface area contributed by atoms with E-state index in [1.807, 2.05) is 36.4 Å². The molecular formula is C24H38O6Si. The molecule has 1 N–H and O–H groups in total. The minimum atomic E-state index is -2.16. The zero-order valence-corrected chi connectivity index (χ0v) is 20.7. The van der Waals surface area contributed by atoms with Crippen LogP contribution in [0, 0.1) is 0 Å². The highest BCUT2D eigenvalue weighted by Crippen LogP contribution is 2.40. The van der Waals surface area contributed by atoms with E-state index in [1.54, 1.807) is 0 Å². The number of ether oxygens (including phenoxy) is 3. The summed E-state index contributed by atoms with van der Waals surface area (Å²) in [6.45, 7) is 12.3. The maximum Gasteiger partial charge on any atom is 0.308 e. The van der Waals surface area contributed by atoms with Gasteiger partial charge < -0.3 is 23.7 Å². The Morgan fingerprint density at radius 1 is 1.29 bits per heavy atom. The Morgan fingerprint density at radius 2 is 1.97 bits per heavy atom. The lowest BCUT2D eigenvalue weighted by Gasteiger charge is -2.44. The number of hydrogen-bond donors (Lipinski definition) is 1. The van der Waals surface area contributed by atoms with E-state index in [9.17, 15) is 9.90 Å². The Hall–Kier alpha value is -1.51. The van der Waals surface area contributed by atoms with Crippen LogP contribution in [0.5, 0.6) is 0 Å². The summed E-state index contributed by atoms with van der Waals surface area (Å²) in [5, 5.41) is 10.7. The van der Waals surface area contributed by atoms with Gasteiger partial charge in [-0.25, -0.2) is 0 Å². The van der Waals surface area contributed by atoms with E-state index >= 15 is 0 Å². The molecule has 0 amide bonds. The average Bonchev–Trinajstić information content (AvgIpc) is 2.71. The van der Waals surface area contributed by atoms with Gasteiger partial charge in [-0.1, -0.05) is 57.2 Å². The summed E-state index contributed by atoms with van der Waals surface area (Å²) < 4.78 is 23.2. The molecule has 1 aromatic rings. The minimum absolute atomic E-state index is 0.00276. The molecule has 0 aliphatic carbocycles. The number of methoxy groups -OCH3 is 1. The Bertz CT molecular complexity index is 725. The first-order valence-corrected chi connectivity index (χ1v) is 13.8. The normalized spacial score (nSPS) is 22.4. The molecule has 1 aliphatic heterocycles. The molecule has 0 bridgehead atoms. The molecule has 174 valence electrons. The van der Waals surface area contributed by atoms with Crippen molar-refractivity contribution in [3.63, 3.8) is 0 Å². The summed E-state index contributed by atoms with van der Waals surface area (Å²) in [4.78, 5) is 11.7. The Morgan fingerprint density at radius 3 is 2.58 bits per heavy atom. The van der Waals surface area contributed by atoms with Crippen LogP contribution < -0.4 is 0 Å². The predicted molar refractivity (Wildman–Crippen MR) is 123 cm³/mol. The topological polar surface area (TPSA) is 74.2 Å². The maximum absolute atomic E-state index is 11.7. The molecule has 1 heterocycles. The monoisotopic (exact) mass is 450 g/mol. The van der Waals surface area contributed by atoms with E-state index in [1.165, 1.54) is 7.11 Å². The molecule has 1 fully saturated rings. The molecule has 3 atom stereocenters. The van der Waals surface area contributed by atoms with Crippen LogP contribution in [0.4, 0.5) is 0 Å². The van der Waals surface area contributed by atoms with Gasteiger partial charge in [0.2, 0.25) is 0 Å². The number of aliphatic hydroxyl groups excluding tert-OH is 1. The van der Waals surface area contributed by atoms with Gasteiger partial charge in [0, 0.05) is 0 Å². The van der Waals surface area contributed by atoms with Crippen molar-refractivity contribution in [1.82, 2.24) is 0 Å². The first-order chi connectivity index (χ1) is 14.5. The molecule has 7 heteroatoms. The number of esters is 1. The lowest BCUT2D eigenvalue weighted by Crippen LogP contribution is -2.53. The third kappa shape index (κ3) is 7.54. The van der Waals surface area contributed by atoms with Crippen molar-refractivity contribution in [2.75, 3.05) is 20.3 Å². The molecule has 1 aromatic carbocycles. The summed E-state index contributed by atoms with van der Waals surface area (Å²) in [6.07, 6.45) is 0.570. The van der Waals surface area contributed by atoms with Crippen molar-refractivity contribution in [1.29, 1.82) is 0 Å². The lowest BCUT2D eigenvalue weighted by molar-refractivity contribution is -0.149. The van der Waals surface area contributed by atoms with Crippen molar-refractivity contribution in [3.05, 3.63) is 47.5 Å². The van der Waals surface area contributed by atoms with Crippen LogP contribution in [-0.2, 0) is 30.0 Å². The molecule has 0 saturated carbocycles. The van der Waals surface area contributed by atoms with E-state index in [2.05, 4.69) is 33.9 Å². The van der Waals surface area contributed by atoms with Crippen LogP contribution in [0.25, 0.3) is 0 Å². The molecule has 0 radical (unpaired) electrons. The zero-order valence-electron chi connectivity index (χ0n) is 19.7. The van der Waals surface area contributed by atoms with Crippen LogP contribution in [-0.4, -0.2) is 58.0 Å². The third-order valence-corrected chi connectivity index (χ3v) is 10.6. The lowest BCUT2D eigenvalue weighted by atomic mass is 9.94. The van der Waals surface area contributed by atoms with Gasteiger partial charge >= 0.3 is 5.97 Å². The van der Waals surface area contributed by atoms with E-state index in [0.29, 0.717) is 26.2 Å². The van der Waals surface area contributed by atoms with E-state index in [-0.39, 0.29) is 11.5 Å². The fraction of sp³-hybridized carbons (Fsp3) is 0.625. The SMILES string of the molecule is COC(=O)CC(O)[C@H]1OCC/C(=C\COCc2ccccc2)C1O[Si](C)(C)C(C)(C)C. The molecule has 2 unspecified atom stereocenters. The summed E-state index contributed by atoms with van der Waals surface area (Å²) in [7, 11) is -0.844. The van der Waals surface area contributed by atoms with E-state index in [4.69, 9.17) is 18.6 Å². The fourth-order valence-electron chi connectivity index (χ4n) is 3.21. The minimum Gasteiger partial charge on any atom is -0.469 e. The number of hydrogen-bond acceptors (Lipinski definition) is 6. The van der Waals surface area contributed by atoms with E-state index < -0.39 is 32.6 Å². The van der Waals surface area contributed by atoms with Gasteiger partial charge in [0.15, 0.2) is 8.32 Å². The molecular weight excluding hydrogens is 412 g/mol. The van der Waals surface area contributed by atoms with Crippen molar-refractivity contribution in [2.45, 2.75) is 76.7 Å². The summed E-state index contributed by atoms with van der Waals surface area (Å²) >= 11 is 0. The smallest absolute Gasteiger partial charge is 0.308 e. The molecule has 6 nitrogen and oxygen atoms in total. The average molecular weight is 451 g/mol. The highest BCUT2D eigenvalue weighted by molar-refractivity contribution is 6.74. The second kappa shape index (κ2) is 11.4. The zero-order chi connectivity index (χ0) is 23.1. The van der Waals surface area contributed by atoms with Crippen molar-refractivity contribution in [3.8, 4) is 0 Å². The van der Waals surface area contributed by atoms with Crippen LogP contribution in [0.2, 0.25) is 18.1 Å². The second-order valence-electron chi connectivity index (χ2n) is 9.51. The van der Waals surface area contributed by atoms with Gasteiger partial charge in [0.05, 0.1) is 45.6 Å². The molecule has 1 saturated heterocycles. The second-order valence-corrected chi connectivity index (χ2v) is 14.3. The van der Waals surface area contributed by atoms with Crippen molar-refractivity contribution < 1.29 is 28.5 Å². The van der Waals surface area contributed by atoms with Crippen LogP contribution >= 0.6 is 0 Å². The highest BCUT2D eigenvalue weighted by atomic mass is 28.4. The first kappa shape index (κ1) is 25.7. The standard InChI is InChI=1S/C24H38O6Si/c1-24(2,3)31(5,6)30-22-19(12-14-28-17-18-10-8-7-9-11-18)13-15-29-23(22)20(25)16-21(26)27-4/h7-12,20,22-23,25H,13-17H2,1-6H3/b19-12+/t20?,22?,23-/m1/s1. The molecule has 2 rings (SSSR count). The van der Waals surface area contributed by atoms with Gasteiger partial charge in [-0.15, -0.1) is 0 Å². The van der Waals surface area contributed by atoms with Crippen molar-refractivity contribution in [2.24, 2.45) is 0 Å². The van der Waals surface area contributed by atoms with Crippen molar-refractivity contribution >= 4 is 14.3 Å². The van der Waals surface area contributed by atoms with E-state index in [0.717, 1.165) is 11.1 Å². The Kier molecular flexibility index (Phi) is 9.45. The third-order valence-electron chi connectivity index (χ3n) is 6.15. The Labute approximate surface area is 187 Å². The summed E-state index contributed by atoms with van der Waals surface area (Å²) in [6, 6.07) is 10.0. The first-order valence-electron chi connectivity index (χ1n) is 10.9. The number of carbonyl (C=O) groups is 1. The van der Waals surface area contributed by atoms with Gasteiger partial charge in [-0.2, -0.15) is 0 Å². The quantitative estimate of drug-likeness (QED) is 0.263. The fourth-order valence-corrected chi connectivity index (χ4v) is 4.48. The highest BCUT2D eigenvalue weighted by Gasteiger charge is 2.45. The van der Waals surface area contributed by atoms with Crippen LogP contribution in [0.15, 0.2) is 42.0 Å². The molecule has 0 spiro atoms. The number of carbonyl (C=O) groups excluding carboxylic acids is 1. The summed E-state index contributed by atoms with van der Waals surface area (Å²) in [5.74, 6) is -0.468. The maximum atomic E-state index is 11.7. The predicted octanol–water partition coefficient (Wildman–Crippen LogP) is 4.23. The number of rotatable bonds is 9. The molecule has 0 aromatic heterocycles. The number of aliphatic hydroxyl groups is 1. The molecule has 31 heavy (non-hydrogen) atoms. The van der Waals surface area contributed by atoms with Gasteiger partial charge in [0.1, 0.15) is 6.10 Å². The van der Waals surface area contributed by atoms with Gasteiger partial charge in [-0.05, 0) is 35.7 Å². The molecule has 1 aliphatic rings. The summed E-state index contributed by atoms with van der Waals surface area (Å²) in [5.41, 5.74) is 2.17.